The molecule has 0 amide bonds. The summed E-state index contributed by atoms with van der Waals surface area (Å²) in [6, 6.07) is 8.55. The van der Waals surface area contributed by atoms with Gasteiger partial charge in [0.2, 0.25) is 0 Å². The first-order valence-corrected chi connectivity index (χ1v) is 7.65. The smallest absolute Gasteiger partial charge is 0.191 e. The number of aliphatic hydroxyl groups excluding tert-OH is 1. The van der Waals surface area contributed by atoms with Gasteiger partial charge in [0.1, 0.15) is 0 Å². The lowest BCUT2D eigenvalue weighted by Gasteiger charge is -2.24. The number of nitrogens with one attached hydrogen (secondary N) is 2. The number of hydrogen-bond donors (Lipinski definition) is 3. The van der Waals surface area contributed by atoms with Crippen molar-refractivity contribution in [3.63, 3.8) is 0 Å². The molecule has 126 valence electrons. The minimum atomic E-state index is 0. The number of anilines is 1. The molecule has 0 bridgehead atoms. The van der Waals surface area contributed by atoms with E-state index in [1.54, 1.807) is 0 Å². The number of hydrogen-bond acceptors (Lipinski definition) is 3. The molecule has 0 radical (unpaired) electrons. The lowest BCUT2D eigenvalue weighted by atomic mass is 10.2. The third kappa shape index (κ3) is 7.84. The zero-order valence-corrected chi connectivity index (χ0v) is 16.1. The zero-order chi connectivity index (χ0) is 15.5. The van der Waals surface area contributed by atoms with Crippen LogP contribution in [0.3, 0.4) is 0 Å². The Bertz CT molecular complexity index is 440. The maximum Gasteiger partial charge on any atom is 0.191 e. The van der Waals surface area contributed by atoms with Crippen molar-refractivity contribution in [2.24, 2.45) is 4.99 Å². The molecule has 0 aliphatic carbocycles. The Morgan fingerprint density at radius 1 is 1.27 bits per heavy atom. The van der Waals surface area contributed by atoms with Gasteiger partial charge in [-0.05, 0) is 38.5 Å². The number of halogens is 1. The average molecular weight is 420 g/mol. The second kappa shape index (κ2) is 12.5. The van der Waals surface area contributed by atoms with Crippen molar-refractivity contribution in [3.05, 3.63) is 29.8 Å². The molecular weight excluding hydrogens is 391 g/mol. The van der Waals surface area contributed by atoms with E-state index in [-0.39, 0.29) is 30.6 Å². The van der Waals surface area contributed by atoms with Crippen LogP contribution in [-0.2, 0) is 0 Å². The minimum Gasteiger partial charge on any atom is -0.394 e. The van der Waals surface area contributed by atoms with Gasteiger partial charge in [0, 0.05) is 31.9 Å². The van der Waals surface area contributed by atoms with E-state index in [1.165, 1.54) is 11.3 Å². The Morgan fingerprint density at radius 3 is 2.64 bits per heavy atom. The SMILES string of the molecule is CCNC(=NCCO)NCCN(CC)c1cccc(C)c1.I. The predicted octanol–water partition coefficient (Wildman–Crippen LogP) is 1.99. The predicted molar refractivity (Wildman–Crippen MR) is 106 cm³/mol. The lowest BCUT2D eigenvalue weighted by Crippen LogP contribution is -2.41. The number of aryl methyl sites for hydroxylation is 1. The molecule has 0 atom stereocenters. The van der Waals surface area contributed by atoms with Crippen molar-refractivity contribution >= 4 is 35.6 Å². The fourth-order valence-electron chi connectivity index (χ4n) is 2.11. The van der Waals surface area contributed by atoms with Crippen LogP contribution in [0.15, 0.2) is 29.3 Å². The third-order valence-corrected chi connectivity index (χ3v) is 3.14. The van der Waals surface area contributed by atoms with Gasteiger partial charge < -0.3 is 20.6 Å². The van der Waals surface area contributed by atoms with E-state index in [1.807, 2.05) is 6.92 Å². The molecule has 0 spiro atoms. The van der Waals surface area contributed by atoms with Gasteiger partial charge in [-0.1, -0.05) is 12.1 Å². The molecule has 3 N–H and O–H groups in total. The number of aliphatic imine (C=N–C) groups is 1. The number of nitrogens with zero attached hydrogens (tertiary/aromatic N) is 2. The monoisotopic (exact) mass is 420 g/mol. The molecule has 0 fully saturated rings. The Morgan fingerprint density at radius 2 is 2.05 bits per heavy atom. The summed E-state index contributed by atoms with van der Waals surface area (Å²) >= 11 is 0. The summed E-state index contributed by atoms with van der Waals surface area (Å²) < 4.78 is 0. The molecular formula is C16H29IN4O. The molecule has 5 nitrogen and oxygen atoms in total. The van der Waals surface area contributed by atoms with Gasteiger partial charge in [0.15, 0.2) is 5.96 Å². The van der Waals surface area contributed by atoms with Crippen molar-refractivity contribution in [1.29, 1.82) is 0 Å². The van der Waals surface area contributed by atoms with E-state index < -0.39 is 0 Å². The fourth-order valence-corrected chi connectivity index (χ4v) is 2.11. The normalized spacial score (nSPS) is 10.8. The Kier molecular flexibility index (Phi) is 11.9. The summed E-state index contributed by atoms with van der Waals surface area (Å²) in [5, 5.41) is 15.3. The Balaban J connectivity index is 0.00000441. The van der Waals surface area contributed by atoms with E-state index in [9.17, 15) is 0 Å². The number of benzene rings is 1. The van der Waals surface area contributed by atoms with E-state index in [2.05, 4.69) is 58.6 Å². The van der Waals surface area contributed by atoms with Gasteiger partial charge in [-0.2, -0.15) is 0 Å². The van der Waals surface area contributed by atoms with Crippen LogP contribution in [0.25, 0.3) is 0 Å². The summed E-state index contributed by atoms with van der Waals surface area (Å²) in [6.45, 7) is 10.3. The highest BCUT2D eigenvalue weighted by atomic mass is 127. The number of guanidine groups is 1. The van der Waals surface area contributed by atoms with E-state index in [4.69, 9.17) is 5.11 Å². The first-order valence-electron chi connectivity index (χ1n) is 7.65. The van der Waals surface area contributed by atoms with Crippen LogP contribution in [-0.4, -0.2) is 50.4 Å². The lowest BCUT2D eigenvalue weighted by molar-refractivity contribution is 0.306. The van der Waals surface area contributed by atoms with Gasteiger partial charge >= 0.3 is 0 Å². The molecule has 6 heteroatoms. The van der Waals surface area contributed by atoms with Crippen molar-refractivity contribution in [3.8, 4) is 0 Å². The van der Waals surface area contributed by atoms with E-state index in [0.717, 1.165) is 32.1 Å². The van der Waals surface area contributed by atoms with Crippen LogP contribution in [0.1, 0.15) is 19.4 Å². The summed E-state index contributed by atoms with van der Waals surface area (Å²) in [5.74, 6) is 0.756. The van der Waals surface area contributed by atoms with Gasteiger partial charge in [-0.25, -0.2) is 0 Å². The van der Waals surface area contributed by atoms with Gasteiger partial charge in [-0.15, -0.1) is 24.0 Å². The highest BCUT2D eigenvalue weighted by Crippen LogP contribution is 2.14. The summed E-state index contributed by atoms with van der Waals surface area (Å²) in [5.41, 5.74) is 2.52. The van der Waals surface area contributed by atoms with Crippen LogP contribution in [0.4, 0.5) is 5.69 Å². The molecule has 0 aliphatic rings. The van der Waals surface area contributed by atoms with Crippen LogP contribution < -0.4 is 15.5 Å². The maximum absolute atomic E-state index is 8.84. The van der Waals surface area contributed by atoms with E-state index in [0.29, 0.717) is 6.54 Å². The second-order valence-electron chi connectivity index (χ2n) is 4.83. The molecule has 0 aromatic heterocycles. The third-order valence-electron chi connectivity index (χ3n) is 3.14. The first kappa shape index (κ1) is 21.0. The fraction of sp³-hybridized carbons (Fsp3) is 0.562. The molecule has 0 unspecified atom stereocenters. The average Bonchev–Trinajstić information content (AvgIpc) is 2.49. The van der Waals surface area contributed by atoms with Crippen LogP contribution >= 0.6 is 24.0 Å². The van der Waals surface area contributed by atoms with Crippen LogP contribution in [0.2, 0.25) is 0 Å². The van der Waals surface area contributed by atoms with Crippen molar-refractivity contribution in [1.82, 2.24) is 10.6 Å². The molecule has 1 aromatic carbocycles. The van der Waals surface area contributed by atoms with Gasteiger partial charge in [-0.3, -0.25) is 4.99 Å². The number of aliphatic hydroxyl groups is 1. The molecule has 0 heterocycles. The van der Waals surface area contributed by atoms with Crippen molar-refractivity contribution < 1.29 is 5.11 Å². The summed E-state index contributed by atoms with van der Waals surface area (Å²) in [7, 11) is 0. The van der Waals surface area contributed by atoms with Gasteiger partial charge in [0.25, 0.3) is 0 Å². The highest BCUT2D eigenvalue weighted by molar-refractivity contribution is 14.0. The highest BCUT2D eigenvalue weighted by Gasteiger charge is 2.04. The molecule has 0 saturated carbocycles. The molecule has 0 aliphatic heterocycles. The van der Waals surface area contributed by atoms with Crippen molar-refractivity contribution in [2.75, 3.05) is 44.2 Å². The first-order chi connectivity index (χ1) is 10.2. The maximum atomic E-state index is 8.84. The molecule has 22 heavy (non-hydrogen) atoms. The zero-order valence-electron chi connectivity index (χ0n) is 13.8. The minimum absolute atomic E-state index is 0. The second-order valence-corrected chi connectivity index (χ2v) is 4.83. The Hall–Kier alpha value is -1.02. The number of rotatable bonds is 8. The van der Waals surface area contributed by atoms with E-state index >= 15 is 0 Å². The standard InChI is InChI=1S/C16H28N4O.HI/c1-4-17-16(19-10-12-21)18-9-11-20(5-2)15-8-6-7-14(3)13-15;/h6-8,13,21H,4-5,9-12H2,1-3H3,(H2,17,18,19);1H. The molecule has 1 aromatic rings. The molecule has 0 saturated heterocycles. The molecule has 1 rings (SSSR count). The summed E-state index contributed by atoms with van der Waals surface area (Å²) in [4.78, 5) is 6.60. The van der Waals surface area contributed by atoms with Crippen LogP contribution in [0, 0.1) is 6.92 Å². The largest absolute Gasteiger partial charge is 0.394 e. The number of likely N-dealkylation sites (N-methyl/N-ethyl adjacent to an activating group) is 1. The Labute approximate surface area is 151 Å². The quantitative estimate of drug-likeness (QED) is 0.342. The van der Waals surface area contributed by atoms with Gasteiger partial charge in [0.05, 0.1) is 13.2 Å². The van der Waals surface area contributed by atoms with Crippen LogP contribution in [0.5, 0.6) is 0 Å². The van der Waals surface area contributed by atoms with Crippen molar-refractivity contribution in [2.45, 2.75) is 20.8 Å². The topological polar surface area (TPSA) is 59.9 Å². The summed E-state index contributed by atoms with van der Waals surface area (Å²) in [6.07, 6.45) is 0.